The van der Waals surface area contributed by atoms with Crippen LogP contribution in [-0.2, 0) is 4.74 Å². The number of hydrogen-bond donors (Lipinski definition) is 1. The van der Waals surface area contributed by atoms with E-state index in [4.69, 9.17) is 9.84 Å². The number of aliphatic hydroxyl groups is 1. The molecule has 0 aliphatic carbocycles. The quantitative estimate of drug-likeness (QED) is 0.653. The first-order valence-corrected chi connectivity index (χ1v) is 7.92. The van der Waals surface area contributed by atoms with E-state index < -0.39 is 0 Å². The van der Waals surface area contributed by atoms with Crippen molar-refractivity contribution in [2.75, 3.05) is 32.9 Å². The molecule has 3 heteroatoms. The monoisotopic (exact) mass is 269 g/mol. The first kappa shape index (κ1) is 16.7. The normalized spacial score (nSPS) is 20.5. The Morgan fingerprint density at radius 3 is 2.68 bits per heavy atom. The lowest BCUT2D eigenvalue weighted by atomic mass is 10.0. The second kappa shape index (κ2) is 10.4. The number of hydrogen-bond acceptors (Lipinski definition) is 3. The molecule has 1 saturated heterocycles. The molecular weight excluding hydrogens is 238 g/mol. The highest BCUT2D eigenvalue weighted by Gasteiger charge is 2.21. The molecule has 0 radical (unpaired) electrons. The molecule has 0 bridgehead atoms. The largest absolute Gasteiger partial charge is 0.395 e. The second-order valence-electron chi connectivity index (χ2n) is 5.43. The van der Waals surface area contributed by atoms with Gasteiger partial charge in [-0.15, -0.1) is 0 Å². The van der Waals surface area contributed by atoms with Gasteiger partial charge in [0.15, 0.2) is 0 Å². The van der Waals surface area contributed by atoms with Crippen LogP contribution in [0, 0.1) is 0 Å². The zero-order valence-electron chi connectivity index (χ0n) is 12.7. The fraction of sp³-hybridized carbons (Fsp3) is 0.875. The van der Waals surface area contributed by atoms with E-state index in [1.165, 1.54) is 25.7 Å². The van der Waals surface area contributed by atoms with E-state index in [2.05, 4.69) is 24.8 Å². The number of morpholine rings is 1. The van der Waals surface area contributed by atoms with Crippen molar-refractivity contribution in [1.82, 2.24) is 4.90 Å². The fourth-order valence-corrected chi connectivity index (χ4v) is 2.83. The van der Waals surface area contributed by atoms with E-state index in [0.29, 0.717) is 6.04 Å². The third-order valence-electron chi connectivity index (χ3n) is 3.81. The molecule has 0 amide bonds. The lowest BCUT2D eigenvalue weighted by Crippen LogP contribution is -2.46. The fourth-order valence-electron chi connectivity index (χ4n) is 2.83. The van der Waals surface area contributed by atoms with Crippen LogP contribution in [0.25, 0.3) is 0 Å². The average Bonchev–Trinajstić information content (AvgIpc) is 2.41. The van der Waals surface area contributed by atoms with Crippen LogP contribution in [-0.4, -0.2) is 49.0 Å². The van der Waals surface area contributed by atoms with Crippen molar-refractivity contribution in [3.63, 3.8) is 0 Å². The molecule has 1 rings (SSSR count). The number of rotatable bonds is 9. The van der Waals surface area contributed by atoms with E-state index in [1.807, 2.05) is 0 Å². The summed E-state index contributed by atoms with van der Waals surface area (Å²) in [6.45, 7) is 8.14. The van der Waals surface area contributed by atoms with Crippen LogP contribution in [0.2, 0.25) is 0 Å². The maximum absolute atomic E-state index is 9.10. The van der Waals surface area contributed by atoms with Gasteiger partial charge in [0, 0.05) is 19.1 Å². The van der Waals surface area contributed by atoms with Gasteiger partial charge in [-0.3, -0.25) is 4.90 Å². The standard InChI is InChI=1S/C16H31NO2/c1-3-6-15(7-4-2)8-5-9-16-14-19-13-11-17(16)10-12-18/h8,16,18H,3-7,9-14H2,1-2H3/t16-/m0/s1. The van der Waals surface area contributed by atoms with Gasteiger partial charge < -0.3 is 9.84 Å². The van der Waals surface area contributed by atoms with Crippen LogP contribution in [0.15, 0.2) is 11.6 Å². The maximum atomic E-state index is 9.10. The minimum absolute atomic E-state index is 0.253. The van der Waals surface area contributed by atoms with Crippen molar-refractivity contribution in [3.05, 3.63) is 11.6 Å². The molecule has 19 heavy (non-hydrogen) atoms. The Hall–Kier alpha value is -0.380. The number of aliphatic hydroxyl groups excluding tert-OH is 1. The molecule has 0 saturated carbocycles. The first-order valence-electron chi connectivity index (χ1n) is 7.92. The van der Waals surface area contributed by atoms with E-state index >= 15 is 0 Å². The zero-order chi connectivity index (χ0) is 13.9. The summed E-state index contributed by atoms with van der Waals surface area (Å²) in [5.74, 6) is 0. The van der Waals surface area contributed by atoms with E-state index in [0.717, 1.165) is 39.1 Å². The topological polar surface area (TPSA) is 32.7 Å². The third-order valence-corrected chi connectivity index (χ3v) is 3.81. The Kier molecular flexibility index (Phi) is 9.14. The van der Waals surface area contributed by atoms with Crippen LogP contribution in [0.5, 0.6) is 0 Å². The van der Waals surface area contributed by atoms with Gasteiger partial charge in [0.05, 0.1) is 19.8 Å². The van der Waals surface area contributed by atoms with Crippen LogP contribution >= 0.6 is 0 Å². The Morgan fingerprint density at radius 1 is 1.32 bits per heavy atom. The van der Waals surface area contributed by atoms with Gasteiger partial charge in [-0.1, -0.05) is 38.3 Å². The van der Waals surface area contributed by atoms with E-state index in [9.17, 15) is 0 Å². The average molecular weight is 269 g/mol. The van der Waals surface area contributed by atoms with Gasteiger partial charge in [-0.05, 0) is 25.7 Å². The molecule has 1 atom stereocenters. The second-order valence-corrected chi connectivity index (χ2v) is 5.43. The van der Waals surface area contributed by atoms with E-state index in [1.54, 1.807) is 5.57 Å². The molecule has 0 aromatic carbocycles. The summed E-state index contributed by atoms with van der Waals surface area (Å²) in [5, 5.41) is 9.10. The molecule has 1 heterocycles. The van der Waals surface area contributed by atoms with Gasteiger partial charge in [-0.2, -0.15) is 0 Å². The number of β-amino-alcohol motifs (C(OH)–C–C–N with tert-alkyl or cyclic N) is 1. The smallest absolute Gasteiger partial charge is 0.0622 e. The molecular formula is C16H31NO2. The Morgan fingerprint density at radius 2 is 2.05 bits per heavy atom. The molecule has 1 N–H and O–H groups in total. The summed E-state index contributed by atoms with van der Waals surface area (Å²) >= 11 is 0. The van der Waals surface area contributed by atoms with Crippen molar-refractivity contribution in [2.24, 2.45) is 0 Å². The van der Waals surface area contributed by atoms with Crippen molar-refractivity contribution < 1.29 is 9.84 Å². The lowest BCUT2D eigenvalue weighted by molar-refractivity contribution is -0.0159. The summed E-state index contributed by atoms with van der Waals surface area (Å²) < 4.78 is 5.57. The van der Waals surface area contributed by atoms with Crippen molar-refractivity contribution in [2.45, 2.75) is 58.4 Å². The Bertz CT molecular complexity index is 243. The predicted octanol–water partition coefficient (Wildman–Crippen LogP) is 2.99. The number of ether oxygens (including phenoxy) is 1. The third kappa shape index (κ3) is 6.55. The van der Waals surface area contributed by atoms with Gasteiger partial charge >= 0.3 is 0 Å². The molecule has 1 fully saturated rings. The van der Waals surface area contributed by atoms with Crippen LogP contribution in [0.3, 0.4) is 0 Å². The minimum Gasteiger partial charge on any atom is -0.395 e. The molecule has 112 valence electrons. The van der Waals surface area contributed by atoms with Gasteiger partial charge in [-0.25, -0.2) is 0 Å². The summed E-state index contributed by atoms with van der Waals surface area (Å²) in [7, 11) is 0. The molecule has 0 aromatic heterocycles. The summed E-state index contributed by atoms with van der Waals surface area (Å²) in [6.07, 6.45) is 9.72. The Labute approximate surface area is 118 Å². The number of allylic oxidation sites excluding steroid dienone is 2. The first-order chi connectivity index (χ1) is 9.31. The number of nitrogens with zero attached hydrogens (tertiary/aromatic N) is 1. The van der Waals surface area contributed by atoms with Crippen molar-refractivity contribution in [3.8, 4) is 0 Å². The molecule has 0 unspecified atom stereocenters. The van der Waals surface area contributed by atoms with Crippen molar-refractivity contribution >= 4 is 0 Å². The van der Waals surface area contributed by atoms with Gasteiger partial charge in [0.1, 0.15) is 0 Å². The maximum Gasteiger partial charge on any atom is 0.0622 e. The van der Waals surface area contributed by atoms with Crippen LogP contribution < -0.4 is 0 Å². The molecule has 3 nitrogen and oxygen atoms in total. The highest BCUT2D eigenvalue weighted by atomic mass is 16.5. The highest BCUT2D eigenvalue weighted by molar-refractivity contribution is 5.02. The van der Waals surface area contributed by atoms with Crippen LogP contribution in [0.1, 0.15) is 52.4 Å². The lowest BCUT2D eigenvalue weighted by Gasteiger charge is -2.35. The summed E-state index contributed by atoms with van der Waals surface area (Å²) in [6, 6.07) is 0.488. The molecule has 1 aliphatic rings. The van der Waals surface area contributed by atoms with E-state index in [-0.39, 0.29) is 6.61 Å². The van der Waals surface area contributed by atoms with Gasteiger partial charge in [0.2, 0.25) is 0 Å². The minimum atomic E-state index is 0.253. The zero-order valence-corrected chi connectivity index (χ0v) is 12.7. The summed E-state index contributed by atoms with van der Waals surface area (Å²) in [5.41, 5.74) is 1.62. The van der Waals surface area contributed by atoms with Gasteiger partial charge in [0.25, 0.3) is 0 Å². The summed E-state index contributed by atoms with van der Waals surface area (Å²) in [4.78, 5) is 2.37. The SMILES string of the molecule is CCCC(=CCC[C@H]1COCCN1CCO)CCC. The van der Waals surface area contributed by atoms with Crippen LogP contribution in [0.4, 0.5) is 0 Å². The predicted molar refractivity (Wildman–Crippen MR) is 80.4 cm³/mol. The molecule has 0 spiro atoms. The molecule has 0 aromatic rings. The van der Waals surface area contributed by atoms with Crippen molar-refractivity contribution in [1.29, 1.82) is 0 Å². The highest BCUT2D eigenvalue weighted by Crippen LogP contribution is 2.17. The molecule has 1 aliphatic heterocycles. The Balaban J connectivity index is 2.37.